The molecule has 0 unspecified atom stereocenters. The Hall–Kier alpha value is -2.52. The predicted molar refractivity (Wildman–Crippen MR) is 246 cm³/mol. The first-order chi connectivity index (χ1) is 30.3. The summed E-state index contributed by atoms with van der Waals surface area (Å²) in [4.78, 5) is 29.6. The van der Waals surface area contributed by atoms with Crippen molar-refractivity contribution in [3.63, 3.8) is 0 Å². The normalized spacial score (nSPS) is 42.6. The Bertz CT molecular complexity index is 1690. The van der Waals surface area contributed by atoms with Crippen molar-refractivity contribution >= 4 is 17.7 Å². The summed E-state index contributed by atoms with van der Waals surface area (Å²) in [7, 11) is 3.12. The highest BCUT2D eigenvalue weighted by molar-refractivity contribution is 5.90. The second kappa shape index (κ2) is 22.7. The maximum Gasteiger partial charge on any atom is 0.321 e. The van der Waals surface area contributed by atoms with Crippen molar-refractivity contribution in [1.82, 2.24) is 15.5 Å². The molecule has 0 aliphatic carbocycles. The number of aliphatic hydroxyl groups is 5. The van der Waals surface area contributed by atoms with E-state index in [9.17, 15) is 35.1 Å². The number of aliphatic hydroxyl groups excluding tert-OH is 2. The van der Waals surface area contributed by atoms with Gasteiger partial charge < -0.3 is 74.8 Å². The van der Waals surface area contributed by atoms with Crippen molar-refractivity contribution in [3.05, 3.63) is 29.8 Å². The smallest absolute Gasteiger partial charge is 0.321 e. The highest BCUT2D eigenvalue weighted by Crippen LogP contribution is 2.43. The molecule has 0 spiro atoms. The van der Waals surface area contributed by atoms with Crippen LogP contribution in [0.15, 0.2) is 24.3 Å². The summed E-state index contributed by atoms with van der Waals surface area (Å²) < 4.78 is 38.6. The number of nitrogens with zero attached hydrogens (tertiary/aromatic N) is 1. The number of hydrogen-bond acceptors (Lipinski definition) is 15. The molecule has 3 aliphatic rings. The summed E-state index contributed by atoms with van der Waals surface area (Å²) in [5, 5.41) is 69.7. The average molecular weight is 925 g/mol. The monoisotopic (exact) mass is 925 g/mol. The van der Waals surface area contributed by atoms with Crippen molar-refractivity contribution in [3.8, 4) is 0 Å². The quantitative estimate of drug-likeness (QED) is 0.110. The van der Waals surface area contributed by atoms with E-state index in [4.69, 9.17) is 28.4 Å². The van der Waals surface area contributed by atoms with Gasteiger partial charge in [-0.05, 0) is 112 Å². The van der Waals surface area contributed by atoms with E-state index in [0.717, 1.165) is 12.0 Å². The van der Waals surface area contributed by atoms with Gasteiger partial charge in [-0.1, -0.05) is 45.9 Å². The maximum atomic E-state index is 14.5. The van der Waals surface area contributed by atoms with Gasteiger partial charge >= 0.3 is 12.0 Å². The zero-order valence-corrected chi connectivity index (χ0v) is 41.5. The molecular formula is C48H84N4O13. The Morgan fingerprint density at radius 3 is 2.26 bits per heavy atom. The molecule has 8 N–H and O–H groups in total. The lowest BCUT2D eigenvalue weighted by molar-refractivity contribution is -0.336. The molecule has 0 bridgehead atoms. The third-order valence-corrected chi connectivity index (χ3v) is 14.6. The van der Waals surface area contributed by atoms with Crippen LogP contribution in [0.4, 0.5) is 10.5 Å². The zero-order chi connectivity index (χ0) is 48.8. The fraction of sp³-hybridized carbons (Fsp3) is 0.833. The molecule has 65 heavy (non-hydrogen) atoms. The summed E-state index contributed by atoms with van der Waals surface area (Å²) in [6.45, 7) is 22.3. The van der Waals surface area contributed by atoms with E-state index in [1.165, 1.54) is 18.9 Å². The Morgan fingerprint density at radius 1 is 0.985 bits per heavy atom. The van der Waals surface area contributed by atoms with Crippen LogP contribution in [0.1, 0.15) is 114 Å². The molecule has 17 heteroatoms. The number of aryl methyl sites for hydroxylation is 1. The molecule has 3 aliphatic heterocycles. The second-order valence-electron chi connectivity index (χ2n) is 20.1. The zero-order valence-electron chi connectivity index (χ0n) is 41.5. The van der Waals surface area contributed by atoms with E-state index >= 15 is 0 Å². The number of esters is 1. The fourth-order valence-corrected chi connectivity index (χ4v) is 10.1. The number of para-hydroxylation sites is 1. The highest BCUT2D eigenvalue weighted by Gasteiger charge is 2.58. The van der Waals surface area contributed by atoms with Gasteiger partial charge in [0, 0.05) is 44.8 Å². The molecule has 1 aromatic carbocycles. The Balaban J connectivity index is 1.79. The third-order valence-electron chi connectivity index (χ3n) is 14.6. The molecule has 3 heterocycles. The van der Waals surface area contributed by atoms with Crippen molar-refractivity contribution < 1.29 is 63.5 Å². The number of likely N-dealkylation sites (N-methyl/N-ethyl adjacent to an activating group) is 1. The number of cyclic esters (lactones) is 1. The molecule has 1 aromatic rings. The van der Waals surface area contributed by atoms with Gasteiger partial charge in [-0.3, -0.25) is 4.79 Å². The lowest BCUT2D eigenvalue weighted by Crippen LogP contribution is -2.70. The summed E-state index contributed by atoms with van der Waals surface area (Å²) in [6, 6.07) is 5.55. The van der Waals surface area contributed by atoms with E-state index < -0.39 is 114 Å². The lowest BCUT2D eigenvalue weighted by atomic mass is 9.75. The number of methoxy groups -OCH3 is 1. The largest absolute Gasteiger partial charge is 0.459 e. The summed E-state index contributed by atoms with van der Waals surface area (Å²) in [5.41, 5.74) is -4.70. The summed E-state index contributed by atoms with van der Waals surface area (Å²) >= 11 is 0. The Labute approximate surface area is 387 Å². The Kier molecular flexibility index (Phi) is 19.3. The van der Waals surface area contributed by atoms with Crippen LogP contribution >= 0.6 is 0 Å². The molecule has 0 saturated carbocycles. The minimum atomic E-state index is -1.86. The average Bonchev–Trinajstić information content (AvgIpc) is 3.24. The van der Waals surface area contributed by atoms with Crippen LogP contribution in [0.25, 0.3) is 0 Å². The van der Waals surface area contributed by atoms with Crippen molar-refractivity contribution in [1.29, 1.82) is 0 Å². The summed E-state index contributed by atoms with van der Waals surface area (Å²) in [6.07, 6.45) is -8.39. The van der Waals surface area contributed by atoms with Crippen molar-refractivity contribution in [2.45, 2.75) is 205 Å². The van der Waals surface area contributed by atoms with Crippen LogP contribution in [0.2, 0.25) is 0 Å². The number of amides is 2. The predicted octanol–water partition coefficient (Wildman–Crippen LogP) is 3.84. The van der Waals surface area contributed by atoms with E-state index in [0.29, 0.717) is 18.8 Å². The van der Waals surface area contributed by atoms with Crippen LogP contribution < -0.4 is 16.0 Å². The van der Waals surface area contributed by atoms with Crippen LogP contribution in [0.5, 0.6) is 0 Å². The molecule has 3 fully saturated rings. The van der Waals surface area contributed by atoms with E-state index in [-0.39, 0.29) is 38.1 Å². The van der Waals surface area contributed by atoms with Gasteiger partial charge in [0.15, 0.2) is 12.6 Å². The number of carbonyl (C=O) groups is 2. The molecule has 0 aromatic heterocycles. The number of anilines is 1. The third kappa shape index (κ3) is 12.6. The first kappa shape index (κ1) is 55.1. The van der Waals surface area contributed by atoms with Crippen LogP contribution in [0.3, 0.4) is 0 Å². The second-order valence-corrected chi connectivity index (χ2v) is 20.1. The highest BCUT2D eigenvalue weighted by atomic mass is 16.7. The summed E-state index contributed by atoms with van der Waals surface area (Å²) in [5.74, 6) is -2.97. The van der Waals surface area contributed by atoms with E-state index in [2.05, 4.69) is 16.0 Å². The van der Waals surface area contributed by atoms with E-state index in [1.807, 2.05) is 45.9 Å². The fourth-order valence-electron chi connectivity index (χ4n) is 10.1. The topological polar surface area (TPSA) is 230 Å². The maximum absolute atomic E-state index is 14.5. The van der Waals surface area contributed by atoms with Gasteiger partial charge in [-0.15, -0.1) is 0 Å². The number of benzene rings is 1. The molecule has 0 radical (unpaired) electrons. The minimum absolute atomic E-state index is 0.0463. The number of urea groups is 1. The van der Waals surface area contributed by atoms with Crippen molar-refractivity contribution in [2.24, 2.45) is 17.8 Å². The molecule has 3 saturated heterocycles. The van der Waals surface area contributed by atoms with Gasteiger partial charge in [0.05, 0.1) is 42.0 Å². The molecule has 2 amide bonds. The number of ether oxygens (including phenoxy) is 6. The molecule has 374 valence electrons. The molecular weight excluding hydrogens is 841 g/mol. The minimum Gasteiger partial charge on any atom is -0.459 e. The van der Waals surface area contributed by atoms with Gasteiger partial charge in [0.1, 0.15) is 35.1 Å². The Morgan fingerprint density at radius 2 is 1.65 bits per heavy atom. The number of hydrogen-bond donors (Lipinski definition) is 8. The van der Waals surface area contributed by atoms with Gasteiger partial charge in [-0.25, -0.2) is 4.79 Å². The molecule has 4 rings (SSSR count). The van der Waals surface area contributed by atoms with Gasteiger partial charge in [0.25, 0.3) is 0 Å². The van der Waals surface area contributed by atoms with Crippen LogP contribution in [-0.4, -0.2) is 166 Å². The van der Waals surface area contributed by atoms with Crippen LogP contribution in [0, 0.1) is 24.7 Å². The van der Waals surface area contributed by atoms with Crippen molar-refractivity contribution in [2.75, 3.05) is 39.1 Å². The van der Waals surface area contributed by atoms with Gasteiger partial charge in [0.2, 0.25) is 0 Å². The number of carbonyl (C=O) groups excluding carboxylic acids is 2. The first-order valence-corrected chi connectivity index (χ1v) is 23.7. The van der Waals surface area contributed by atoms with Crippen LogP contribution in [-0.2, 0) is 33.2 Å². The molecule has 17 nitrogen and oxygen atoms in total. The standard InChI is InChI=1S/C48H84N4O13/c1-15-21-49-26-48(59)33(9)62-37(24-46(48,11)60-14)64-39-30(6)41(65-43-38(53)35(22-29(5)61-43)52(13)44(56)51-34-20-18-17-19-28(34)4)45(10,57)23-27(3)25-50-32(8)40(54)47(12,58)36(16-2)63-42(55)31(39)7/h17-20,27,29-33,35-41,43,49-50,53-54,57-59H,15-16,21-26H2,1-14H3,(H,51,56)/t27-,29-,30+,31-,32-,33+,35+,36-,37+,38-,39+,40-,41-,43+,45-,46-,47-,48+/m1/s1. The van der Waals surface area contributed by atoms with Gasteiger partial charge in [-0.2, -0.15) is 0 Å². The van der Waals surface area contributed by atoms with E-state index in [1.54, 1.807) is 61.6 Å². The SMILES string of the molecule is CCCNC[C@]1(O)[C@H](C)O[C@@H](O[C@H]2[C@H](C)[C@@H](O[C@@H]3O[C@H](C)C[C@H](N(C)C(=O)Nc4ccccc4C)[C@H]3O)[C@](C)(O)C[C@@H](C)CN[C@H](C)[C@@H](O)[C@](C)(O)[C@@H](CC)OC(=O)[C@@H]2C)C[C@@]1(C)OC. The lowest BCUT2D eigenvalue weighted by Gasteiger charge is -2.53. The first-order valence-electron chi connectivity index (χ1n) is 23.7. The number of rotatable bonds is 12. The number of nitrogens with one attached hydrogen (secondary N) is 3. The molecule has 18 atom stereocenters.